The standard InChI is InChI=1S/C14H20FNO3/c1-14(2,3)12(6-7-17)16-13(19)10-5-4-9(15)8-11(10)18/h4-5,8,12,17-18H,6-7H2,1-3H3,(H,16,19). The molecule has 0 spiro atoms. The number of carbonyl (C=O) groups is 1. The van der Waals surface area contributed by atoms with Crippen LogP contribution >= 0.6 is 0 Å². The summed E-state index contributed by atoms with van der Waals surface area (Å²) in [5, 5.41) is 21.3. The fourth-order valence-corrected chi connectivity index (χ4v) is 1.78. The minimum Gasteiger partial charge on any atom is -0.507 e. The lowest BCUT2D eigenvalue weighted by molar-refractivity contribution is 0.0882. The molecule has 0 fully saturated rings. The first-order valence-corrected chi connectivity index (χ1v) is 6.16. The van der Waals surface area contributed by atoms with Crippen LogP contribution in [0.3, 0.4) is 0 Å². The number of benzene rings is 1. The maximum absolute atomic E-state index is 12.9. The Morgan fingerprint density at radius 1 is 1.42 bits per heavy atom. The van der Waals surface area contributed by atoms with Gasteiger partial charge in [-0.15, -0.1) is 0 Å². The molecule has 1 atom stereocenters. The summed E-state index contributed by atoms with van der Waals surface area (Å²) < 4.78 is 12.9. The number of rotatable bonds is 4. The summed E-state index contributed by atoms with van der Waals surface area (Å²) in [4.78, 5) is 12.0. The molecule has 1 aromatic rings. The van der Waals surface area contributed by atoms with E-state index in [1.807, 2.05) is 20.8 Å². The van der Waals surface area contributed by atoms with Crippen LogP contribution in [0.4, 0.5) is 4.39 Å². The van der Waals surface area contributed by atoms with E-state index in [1.165, 1.54) is 6.07 Å². The number of aliphatic hydroxyl groups excluding tert-OH is 1. The second-order valence-electron chi connectivity index (χ2n) is 5.57. The summed E-state index contributed by atoms with van der Waals surface area (Å²) in [6, 6.07) is 3.01. The summed E-state index contributed by atoms with van der Waals surface area (Å²) in [6.07, 6.45) is 0.414. The van der Waals surface area contributed by atoms with Crippen molar-refractivity contribution in [3.63, 3.8) is 0 Å². The summed E-state index contributed by atoms with van der Waals surface area (Å²) in [6.45, 7) is 5.78. The van der Waals surface area contributed by atoms with Crippen LogP contribution in [0.1, 0.15) is 37.6 Å². The molecular formula is C14H20FNO3. The zero-order valence-corrected chi connectivity index (χ0v) is 11.4. The van der Waals surface area contributed by atoms with Gasteiger partial charge in [0, 0.05) is 18.7 Å². The third-order valence-electron chi connectivity index (χ3n) is 2.97. The van der Waals surface area contributed by atoms with E-state index in [9.17, 15) is 14.3 Å². The maximum Gasteiger partial charge on any atom is 0.255 e. The van der Waals surface area contributed by atoms with Crippen LogP contribution in [0, 0.1) is 11.2 Å². The molecule has 1 rings (SSSR count). The van der Waals surface area contributed by atoms with Gasteiger partial charge in [-0.05, 0) is 24.0 Å². The highest BCUT2D eigenvalue weighted by Crippen LogP contribution is 2.23. The van der Waals surface area contributed by atoms with Gasteiger partial charge in [0.2, 0.25) is 0 Å². The van der Waals surface area contributed by atoms with Crippen molar-refractivity contribution in [1.29, 1.82) is 0 Å². The van der Waals surface area contributed by atoms with E-state index in [-0.39, 0.29) is 23.6 Å². The van der Waals surface area contributed by atoms with Gasteiger partial charge in [-0.25, -0.2) is 4.39 Å². The van der Waals surface area contributed by atoms with Gasteiger partial charge in [0.25, 0.3) is 5.91 Å². The van der Waals surface area contributed by atoms with E-state index in [2.05, 4.69) is 5.32 Å². The molecule has 106 valence electrons. The molecule has 0 aliphatic rings. The van der Waals surface area contributed by atoms with E-state index in [0.717, 1.165) is 12.1 Å². The number of amides is 1. The second-order valence-corrected chi connectivity index (χ2v) is 5.57. The Kier molecular flexibility index (Phi) is 4.89. The van der Waals surface area contributed by atoms with Gasteiger partial charge in [0.1, 0.15) is 11.6 Å². The molecule has 0 aliphatic heterocycles. The Morgan fingerprint density at radius 3 is 2.53 bits per heavy atom. The molecule has 0 radical (unpaired) electrons. The smallest absolute Gasteiger partial charge is 0.255 e. The van der Waals surface area contributed by atoms with Crippen molar-refractivity contribution in [3.8, 4) is 5.75 Å². The number of hydrogen-bond acceptors (Lipinski definition) is 3. The number of phenols is 1. The van der Waals surface area contributed by atoms with Gasteiger partial charge < -0.3 is 15.5 Å². The summed E-state index contributed by atoms with van der Waals surface area (Å²) in [5.74, 6) is -1.48. The van der Waals surface area contributed by atoms with Crippen molar-refractivity contribution in [1.82, 2.24) is 5.32 Å². The largest absolute Gasteiger partial charge is 0.507 e. The number of nitrogens with one attached hydrogen (secondary N) is 1. The first-order valence-electron chi connectivity index (χ1n) is 6.16. The SMILES string of the molecule is CC(C)(C)C(CCO)NC(=O)c1ccc(F)cc1O. The van der Waals surface area contributed by atoms with Crippen molar-refractivity contribution in [2.24, 2.45) is 5.41 Å². The number of aliphatic hydroxyl groups is 1. The number of carbonyl (C=O) groups excluding carboxylic acids is 1. The highest BCUT2D eigenvalue weighted by Gasteiger charge is 2.26. The lowest BCUT2D eigenvalue weighted by atomic mass is 9.84. The van der Waals surface area contributed by atoms with Crippen molar-refractivity contribution < 1.29 is 19.4 Å². The minimum atomic E-state index is -0.600. The molecule has 19 heavy (non-hydrogen) atoms. The molecule has 1 aromatic carbocycles. The van der Waals surface area contributed by atoms with E-state index in [0.29, 0.717) is 6.42 Å². The van der Waals surface area contributed by atoms with Crippen LogP contribution in [0.2, 0.25) is 0 Å². The van der Waals surface area contributed by atoms with Crippen molar-refractivity contribution in [2.45, 2.75) is 33.2 Å². The third-order valence-corrected chi connectivity index (χ3v) is 2.97. The van der Waals surface area contributed by atoms with Crippen LogP contribution in [0.15, 0.2) is 18.2 Å². The van der Waals surface area contributed by atoms with E-state index >= 15 is 0 Å². The molecule has 1 unspecified atom stereocenters. The number of hydrogen-bond donors (Lipinski definition) is 3. The van der Waals surface area contributed by atoms with Gasteiger partial charge in [-0.1, -0.05) is 20.8 Å². The molecule has 0 aliphatic carbocycles. The summed E-state index contributed by atoms with van der Waals surface area (Å²) >= 11 is 0. The Balaban J connectivity index is 2.88. The first-order chi connectivity index (χ1) is 8.75. The highest BCUT2D eigenvalue weighted by molar-refractivity contribution is 5.97. The quantitative estimate of drug-likeness (QED) is 0.783. The predicted octanol–water partition coefficient (Wildman–Crippen LogP) is 2.06. The molecule has 1 amide bonds. The molecule has 0 heterocycles. The summed E-state index contributed by atoms with van der Waals surface area (Å²) in [7, 11) is 0. The molecule has 3 N–H and O–H groups in total. The van der Waals surface area contributed by atoms with Gasteiger partial charge in [0.05, 0.1) is 5.56 Å². The van der Waals surface area contributed by atoms with Gasteiger partial charge in [0.15, 0.2) is 0 Å². The van der Waals surface area contributed by atoms with Gasteiger partial charge in [-0.3, -0.25) is 4.79 Å². The van der Waals surface area contributed by atoms with E-state index in [4.69, 9.17) is 5.11 Å². The van der Waals surface area contributed by atoms with Crippen LogP contribution in [-0.2, 0) is 0 Å². The Labute approximate surface area is 112 Å². The maximum atomic E-state index is 12.9. The topological polar surface area (TPSA) is 69.6 Å². The predicted molar refractivity (Wildman–Crippen MR) is 70.5 cm³/mol. The first kappa shape index (κ1) is 15.4. The van der Waals surface area contributed by atoms with Crippen molar-refractivity contribution in [3.05, 3.63) is 29.6 Å². The number of aromatic hydroxyl groups is 1. The molecule has 5 heteroatoms. The average molecular weight is 269 g/mol. The molecule has 4 nitrogen and oxygen atoms in total. The zero-order valence-electron chi connectivity index (χ0n) is 11.4. The van der Waals surface area contributed by atoms with E-state index in [1.54, 1.807) is 0 Å². The van der Waals surface area contributed by atoms with Gasteiger partial charge in [-0.2, -0.15) is 0 Å². The molecule has 0 saturated heterocycles. The molecule has 0 bridgehead atoms. The average Bonchev–Trinajstić information content (AvgIpc) is 2.26. The highest BCUT2D eigenvalue weighted by atomic mass is 19.1. The van der Waals surface area contributed by atoms with Crippen LogP contribution in [0.5, 0.6) is 5.75 Å². The Bertz CT molecular complexity index is 454. The molecule has 0 aromatic heterocycles. The van der Waals surface area contributed by atoms with Gasteiger partial charge >= 0.3 is 0 Å². The number of halogens is 1. The summed E-state index contributed by atoms with van der Waals surface area (Å²) in [5.41, 5.74) is -0.206. The molecular weight excluding hydrogens is 249 g/mol. The second kappa shape index (κ2) is 6.02. The van der Waals surface area contributed by atoms with Crippen molar-refractivity contribution in [2.75, 3.05) is 6.61 Å². The lowest BCUT2D eigenvalue weighted by Gasteiger charge is -2.31. The monoisotopic (exact) mass is 269 g/mol. The van der Waals surface area contributed by atoms with E-state index < -0.39 is 17.5 Å². The lowest BCUT2D eigenvalue weighted by Crippen LogP contribution is -2.44. The minimum absolute atomic E-state index is 0.0218. The fraction of sp³-hybridized carbons (Fsp3) is 0.500. The Hall–Kier alpha value is -1.62. The fourth-order valence-electron chi connectivity index (χ4n) is 1.78. The third kappa shape index (κ3) is 4.21. The van der Waals surface area contributed by atoms with Crippen LogP contribution in [-0.4, -0.2) is 28.8 Å². The van der Waals surface area contributed by atoms with Crippen LogP contribution in [0.25, 0.3) is 0 Å². The normalized spacial score (nSPS) is 13.1. The van der Waals surface area contributed by atoms with Crippen LogP contribution < -0.4 is 5.32 Å². The Morgan fingerprint density at radius 2 is 2.05 bits per heavy atom. The number of phenolic OH excluding ortho intramolecular Hbond substituents is 1. The molecule has 0 saturated carbocycles. The van der Waals surface area contributed by atoms with Crippen molar-refractivity contribution >= 4 is 5.91 Å². The zero-order chi connectivity index (χ0) is 14.6.